The molecule has 0 fully saturated rings. The van der Waals surface area contributed by atoms with Crippen molar-refractivity contribution < 1.29 is 0 Å². The fourth-order valence-corrected chi connectivity index (χ4v) is 6.12. The average molecular weight is 492 g/mol. The van der Waals surface area contributed by atoms with E-state index in [0.717, 1.165) is 28.4 Å². The molecule has 3 nitrogen and oxygen atoms in total. The van der Waals surface area contributed by atoms with Crippen molar-refractivity contribution in [2.24, 2.45) is 4.99 Å². The molecule has 38 heavy (non-hydrogen) atoms. The molecule has 0 radical (unpaired) electrons. The molecule has 2 heterocycles. The summed E-state index contributed by atoms with van der Waals surface area (Å²) < 4.78 is 2.32. The number of para-hydroxylation sites is 2. The highest BCUT2D eigenvalue weighted by molar-refractivity contribution is 6.18. The molecule has 4 aromatic carbocycles. The van der Waals surface area contributed by atoms with E-state index < -0.39 is 0 Å². The molecule has 0 N–H and O–H groups in total. The Balaban J connectivity index is 1.58. The molecule has 0 bridgehead atoms. The van der Waals surface area contributed by atoms with Crippen LogP contribution in [0.1, 0.15) is 25.0 Å². The Morgan fingerprint density at radius 2 is 1.50 bits per heavy atom. The number of aliphatic imine (C=N–C) groups is 1. The molecule has 0 unspecified atom stereocenters. The van der Waals surface area contributed by atoms with Crippen molar-refractivity contribution in [1.82, 2.24) is 4.57 Å². The van der Waals surface area contributed by atoms with Gasteiger partial charge in [-0.3, -0.25) is 9.47 Å². The molecule has 1 aliphatic heterocycles. The third-order valence-corrected chi connectivity index (χ3v) is 7.95. The second-order valence-electron chi connectivity index (χ2n) is 10.5. The predicted molar refractivity (Wildman–Crippen MR) is 161 cm³/mol. The molecule has 1 aromatic heterocycles. The Kier molecular flexibility index (Phi) is 5.02. The van der Waals surface area contributed by atoms with Crippen LogP contribution in [0.5, 0.6) is 0 Å². The van der Waals surface area contributed by atoms with E-state index in [1.54, 1.807) is 0 Å². The third-order valence-electron chi connectivity index (χ3n) is 7.95. The molecule has 3 heteroatoms. The van der Waals surface area contributed by atoms with Gasteiger partial charge >= 0.3 is 0 Å². The van der Waals surface area contributed by atoms with Crippen LogP contribution in [-0.4, -0.2) is 17.1 Å². The van der Waals surface area contributed by atoms with Crippen molar-refractivity contribution in [2.45, 2.75) is 19.3 Å². The maximum Gasteiger partial charge on any atom is 0.215 e. The second kappa shape index (κ2) is 8.46. The molecule has 0 saturated heterocycles. The lowest BCUT2D eigenvalue weighted by atomic mass is 9.82. The molecular formula is C35H29N3. The predicted octanol–water partition coefficient (Wildman–Crippen LogP) is 8.45. The Labute approximate surface area is 223 Å². The van der Waals surface area contributed by atoms with E-state index in [9.17, 15) is 0 Å². The molecular weight excluding hydrogens is 462 g/mol. The van der Waals surface area contributed by atoms with Crippen molar-refractivity contribution in [1.29, 1.82) is 0 Å². The van der Waals surface area contributed by atoms with Crippen molar-refractivity contribution in [3.8, 4) is 11.1 Å². The van der Waals surface area contributed by atoms with Crippen LogP contribution in [-0.2, 0) is 5.41 Å². The maximum absolute atomic E-state index is 5.18. The van der Waals surface area contributed by atoms with E-state index in [4.69, 9.17) is 4.99 Å². The van der Waals surface area contributed by atoms with Crippen molar-refractivity contribution in [3.05, 3.63) is 139 Å². The zero-order valence-corrected chi connectivity index (χ0v) is 21.7. The molecule has 0 atom stereocenters. The molecule has 0 spiro atoms. The number of allylic oxidation sites excluding steroid dienone is 3. The first-order chi connectivity index (χ1) is 18.6. The number of hydrogen-bond donors (Lipinski definition) is 0. The van der Waals surface area contributed by atoms with Gasteiger partial charge in [0.1, 0.15) is 0 Å². The molecule has 2 aliphatic rings. The summed E-state index contributed by atoms with van der Waals surface area (Å²) in [4.78, 5) is 7.35. The van der Waals surface area contributed by atoms with Crippen molar-refractivity contribution in [3.63, 3.8) is 0 Å². The van der Waals surface area contributed by atoms with Crippen molar-refractivity contribution in [2.75, 3.05) is 11.4 Å². The number of rotatable bonds is 1. The second-order valence-corrected chi connectivity index (χ2v) is 10.5. The summed E-state index contributed by atoms with van der Waals surface area (Å²) in [5.74, 6) is 0.842. The van der Waals surface area contributed by atoms with Gasteiger partial charge in [-0.25, -0.2) is 4.99 Å². The van der Waals surface area contributed by atoms with E-state index in [-0.39, 0.29) is 5.41 Å². The number of fused-ring (bicyclic) bond motifs is 6. The normalized spacial score (nSPS) is 17.9. The summed E-state index contributed by atoms with van der Waals surface area (Å²) >= 11 is 0. The number of anilines is 1. The summed E-state index contributed by atoms with van der Waals surface area (Å²) in [5, 5.41) is 2.47. The van der Waals surface area contributed by atoms with Gasteiger partial charge in [-0.2, -0.15) is 0 Å². The van der Waals surface area contributed by atoms with Gasteiger partial charge in [-0.1, -0.05) is 99.3 Å². The highest BCUT2D eigenvalue weighted by Crippen LogP contribution is 2.50. The Morgan fingerprint density at radius 3 is 2.37 bits per heavy atom. The van der Waals surface area contributed by atoms with E-state index in [0.29, 0.717) is 6.54 Å². The molecule has 1 aliphatic carbocycles. The van der Waals surface area contributed by atoms with E-state index >= 15 is 0 Å². The molecule has 184 valence electrons. The maximum atomic E-state index is 5.18. The third kappa shape index (κ3) is 3.25. The molecule has 0 amide bonds. The smallest absolute Gasteiger partial charge is 0.215 e. The quantitative estimate of drug-likeness (QED) is 0.230. The summed E-state index contributed by atoms with van der Waals surface area (Å²) in [6, 6.07) is 32.7. The summed E-state index contributed by atoms with van der Waals surface area (Å²) in [6.07, 6.45) is 8.21. The van der Waals surface area contributed by atoms with Gasteiger partial charge in [0.15, 0.2) is 0 Å². The lowest BCUT2D eigenvalue weighted by molar-refractivity contribution is 0.661. The minimum absolute atomic E-state index is 0.0566. The standard InChI is InChI=1S/C35H29N3/c1-24-14-6-5-13-21-36-34(37(24)25-15-7-4-8-16-25)38-32-20-12-10-18-27(32)29-22-31-28(23-33(29)38)26-17-9-11-19-30(26)35(31,2)3/h4-20,22-23H,1,21H2,2-3H3/b13-5-,14-6-,36-34?. The Hall–Kier alpha value is -4.63. The van der Waals surface area contributed by atoms with Gasteiger partial charge in [0.25, 0.3) is 0 Å². The Morgan fingerprint density at radius 1 is 0.737 bits per heavy atom. The fourth-order valence-electron chi connectivity index (χ4n) is 6.12. The fraction of sp³-hybridized carbons (Fsp3) is 0.114. The van der Waals surface area contributed by atoms with Crippen LogP contribution in [0, 0.1) is 0 Å². The zero-order chi connectivity index (χ0) is 25.9. The lowest BCUT2D eigenvalue weighted by Gasteiger charge is -2.28. The van der Waals surface area contributed by atoms with E-state index in [1.165, 1.54) is 33.0 Å². The summed E-state index contributed by atoms with van der Waals surface area (Å²) in [7, 11) is 0. The lowest BCUT2D eigenvalue weighted by Crippen LogP contribution is -2.35. The van der Waals surface area contributed by atoms with Crippen LogP contribution in [0.25, 0.3) is 32.9 Å². The van der Waals surface area contributed by atoms with Crippen LogP contribution in [0.15, 0.2) is 133 Å². The highest BCUT2D eigenvalue weighted by atomic mass is 15.3. The topological polar surface area (TPSA) is 20.5 Å². The van der Waals surface area contributed by atoms with Gasteiger partial charge in [0, 0.05) is 27.6 Å². The number of benzene rings is 4. The molecule has 0 saturated carbocycles. The monoisotopic (exact) mass is 491 g/mol. The number of aromatic nitrogens is 1. The van der Waals surface area contributed by atoms with Gasteiger partial charge in [-0.15, -0.1) is 0 Å². The minimum Gasteiger partial charge on any atom is -0.281 e. The average Bonchev–Trinajstić information content (AvgIpc) is 3.41. The van der Waals surface area contributed by atoms with Crippen LogP contribution >= 0.6 is 0 Å². The van der Waals surface area contributed by atoms with Gasteiger partial charge in [0.05, 0.1) is 17.6 Å². The summed E-state index contributed by atoms with van der Waals surface area (Å²) in [5.41, 5.74) is 9.50. The van der Waals surface area contributed by atoms with Gasteiger partial charge in [-0.05, 0) is 58.7 Å². The van der Waals surface area contributed by atoms with E-state index in [1.807, 2.05) is 18.2 Å². The number of hydrogen-bond acceptors (Lipinski definition) is 2. The molecule has 7 rings (SSSR count). The van der Waals surface area contributed by atoms with Crippen LogP contribution in [0.4, 0.5) is 5.69 Å². The summed E-state index contributed by atoms with van der Waals surface area (Å²) in [6.45, 7) is 9.70. The van der Waals surface area contributed by atoms with Crippen LogP contribution < -0.4 is 4.90 Å². The van der Waals surface area contributed by atoms with Gasteiger partial charge in [0.2, 0.25) is 5.96 Å². The first kappa shape index (κ1) is 22.6. The molecule has 5 aromatic rings. The first-order valence-electron chi connectivity index (χ1n) is 13.2. The Bertz CT molecular complexity index is 1830. The van der Waals surface area contributed by atoms with E-state index in [2.05, 4.69) is 127 Å². The van der Waals surface area contributed by atoms with Crippen LogP contribution in [0.3, 0.4) is 0 Å². The SMILES string of the molecule is C=C1/C=C\C=C/CN=C(n2c3ccccc3c3cc4c(cc32)-c2ccccc2C4(C)C)N1c1ccccc1. The van der Waals surface area contributed by atoms with Crippen LogP contribution in [0.2, 0.25) is 0 Å². The van der Waals surface area contributed by atoms with Crippen molar-refractivity contribution >= 4 is 33.5 Å². The largest absolute Gasteiger partial charge is 0.281 e. The van der Waals surface area contributed by atoms with Gasteiger partial charge < -0.3 is 0 Å². The number of nitrogens with zero attached hydrogens (tertiary/aromatic N) is 3. The highest BCUT2D eigenvalue weighted by Gasteiger charge is 2.36. The first-order valence-corrected chi connectivity index (χ1v) is 13.2. The minimum atomic E-state index is -0.0566. The zero-order valence-electron chi connectivity index (χ0n) is 21.7.